The lowest BCUT2D eigenvalue weighted by molar-refractivity contribution is -0.131. The maximum atomic E-state index is 12.0. The molecule has 0 atom stereocenters. The predicted molar refractivity (Wildman–Crippen MR) is 65.2 cm³/mol. The van der Waals surface area contributed by atoms with Crippen LogP contribution in [0.25, 0.3) is 0 Å². The Labute approximate surface area is 106 Å². The first kappa shape index (κ1) is 15.1. The number of aromatic nitrogens is 2. The van der Waals surface area contributed by atoms with E-state index in [2.05, 4.69) is 5.32 Å². The lowest BCUT2D eigenvalue weighted by Crippen LogP contribution is -2.34. The van der Waals surface area contributed by atoms with E-state index in [0.717, 1.165) is 4.57 Å². The zero-order chi connectivity index (χ0) is 14.6. The van der Waals surface area contributed by atoms with Crippen molar-refractivity contribution in [1.82, 2.24) is 9.55 Å². The third-order valence-corrected chi connectivity index (χ3v) is 2.40. The number of nitrogen functional groups attached to an aromatic ring is 1. The molecule has 0 fully saturated rings. The molecule has 0 saturated carbocycles. The Morgan fingerprint density at radius 3 is 2.53 bits per heavy atom. The van der Waals surface area contributed by atoms with Crippen molar-refractivity contribution in [2.45, 2.75) is 32.5 Å². The number of hydrogen-bond donors (Lipinski definition) is 3. The molecule has 0 bridgehead atoms. The average Bonchev–Trinajstić information content (AvgIpc) is 2.27. The summed E-state index contributed by atoms with van der Waals surface area (Å²) in [5, 5.41) is 2.32. The first-order valence-electron chi connectivity index (χ1n) is 5.69. The van der Waals surface area contributed by atoms with Crippen molar-refractivity contribution in [2.75, 3.05) is 17.6 Å². The van der Waals surface area contributed by atoms with E-state index in [1.807, 2.05) is 4.98 Å². The Hall–Kier alpha value is -1.93. The second-order valence-electron chi connectivity index (χ2n) is 3.96. The van der Waals surface area contributed by atoms with Crippen LogP contribution >= 0.6 is 0 Å². The van der Waals surface area contributed by atoms with Gasteiger partial charge in [-0.1, -0.05) is 6.92 Å². The topological polar surface area (TPSA) is 92.9 Å². The highest BCUT2D eigenvalue weighted by Crippen LogP contribution is 2.19. The summed E-state index contributed by atoms with van der Waals surface area (Å²) in [6.45, 7) is 1.59. The van der Waals surface area contributed by atoms with E-state index in [0.29, 0.717) is 6.42 Å². The summed E-state index contributed by atoms with van der Waals surface area (Å²) >= 11 is 0. The molecule has 9 heteroatoms. The number of nitrogens with two attached hydrogens (primary N) is 1. The standard InChI is InChI=1S/C10H15F3N4O2/c1-2-5-17-7(14)6(8(18)16-9(17)19)15-4-3-10(11,12)13/h15H,2-5,14H2,1H3,(H,16,18,19). The van der Waals surface area contributed by atoms with E-state index in [-0.39, 0.29) is 18.1 Å². The van der Waals surface area contributed by atoms with Gasteiger partial charge in [-0.15, -0.1) is 0 Å². The molecule has 0 aliphatic rings. The molecule has 0 spiro atoms. The first-order valence-corrected chi connectivity index (χ1v) is 5.69. The predicted octanol–water partition coefficient (Wildman–Crippen LogP) is 0.893. The highest BCUT2D eigenvalue weighted by molar-refractivity contribution is 5.60. The van der Waals surface area contributed by atoms with Crippen molar-refractivity contribution < 1.29 is 13.2 Å². The molecular formula is C10H15F3N4O2. The number of nitrogens with one attached hydrogen (secondary N) is 2. The van der Waals surface area contributed by atoms with Crippen molar-refractivity contribution in [3.8, 4) is 0 Å². The van der Waals surface area contributed by atoms with Crippen LogP contribution in [0.5, 0.6) is 0 Å². The number of alkyl halides is 3. The van der Waals surface area contributed by atoms with Crippen LogP contribution in [0.2, 0.25) is 0 Å². The van der Waals surface area contributed by atoms with Crippen molar-refractivity contribution >= 4 is 11.5 Å². The van der Waals surface area contributed by atoms with Crippen molar-refractivity contribution in [2.24, 2.45) is 0 Å². The van der Waals surface area contributed by atoms with Gasteiger partial charge in [-0.25, -0.2) is 4.79 Å². The van der Waals surface area contributed by atoms with Gasteiger partial charge in [0.05, 0.1) is 6.42 Å². The summed E-state index contributed by atoms with van der Waals surface area (Å²) in [6, 6.07) is 0. The summed E-state index contributed by atoms with van der Waals surface area (Å²) in [5.74, 6) is -0.155. The molecule has 0 aliphatic heterocycles. The number of halogens is 3. The van der Waals surface area contributed by atoms with Gasteiger partial charge < -0.3 is 11.1 Å². The number of H-pyrrole nitrogens is 1. The second kappa shape index (κ2) is 5.81. The van der Waals surface area contributed by atoms with E-state index in [4.69, 9.17) is 5.73 Å². The average molecular weight is 280 g/mol. The molecule has 0 aliphatic carbocycles. The van der Waals surface area contributed by atoms with Crippen LogP contribution in [-0.4, -0.2) is 22.3 Å². The molecule has 0 unspecified atom stereocenters. The highest BCUT2D eigenvalue weighted by Gasteiger charge is 2.26. The molecule has 0 radical (unpaired) electrons. The first-order chi connectivity index (χ1) is 8.76. The van der Waals surface area contributed by atoms with Crippen LogP contribution in [0.15, 0.2) is 9.59 Å². The van der Waals surface area contributed by atoms with Gasteiger partial charge in [0.15, 0.2) is 0 Å². The highest BCUT2D eigenvalue weighted by atomic mass is 19.4. The monoisotopic (exact) mass is 280 g/mol. The fraction of sp³-hybridized carbons (Fsp3) is 0.600. The van der Waals surface area contributed by atoms with Gasteiger partial charge >= 0.3 is 11.9 Å². The van der Waals surface area contributed by atoms with Gasteiger partial charge in [0, 0.05) is 13.1 Å². The summed E-state index contributed by atoms with van der Waals surface area (Å²) in [4.78, 5) is 24.9. The van der Waals surface area contributed by atoms with Gasteiger partial charge in [-0.2, -0.15) is 13.2 Å². The molecule has 6 nitrogen and oxygen atoms in total. The molecule has 1 rings (SSSR count). The van der Waals surface area contributed by atoms with Crippen LogP contribution < -0.4 is 22.3 Å². The zero-order valence-corrected chi connectivity index (χ0v) is 10.3. The minimum absolute atomic E-state index is 0.155. The molecule has 1 aromatic rings. The van der Waals surface area contributed by atoms with Crippen molar-refractivity contribution in [3.63, 3.8) is 0 Å². The molecule has 4 N–H and O–H groups in total. The molecule has 19 heavy (non-hydrogen) atoms. The molecule has 0 amide bonds. The molecular weight excluding hydrogens is 265 g/mol. The van der Waals surface area contributed by atoms with Crippen molar-refractivity contribution in [1.29, 1.82) is 0 Å². The Morgan fingerprint density at radius 1 is 1.37 bits per heavy atom. The van der Waals surface area contributed by atoms with Crippen LogP contribution in [0.4, 0.5) is 24.7 Å². The SMILES string of the molecule is CCCn1c(N)c(NCCC(F)(F)F)c(=O)[nH]c1=O. The fourth-order valence-corrected chi connectivity index (χ4v) is 1.53. The Morgan fingerprint density at radius 2 is 2.00 bits per heavy atom. The van der Waals surface area contributed by atoms with E-state index < -0.39 is 30.4 Å². The maximum Gasteiger partial charge on any atom is 0.390 e. The lowest BCUT2D eigenvalue weighted by atomic mass is 10.3. The van der Waals surface area contributed by atoms with Crippen LogP contribution in [0, 0.1) is 0 Å². The molecule has 0 saturated heterocycles. The summed E-state index contributed by atoms with van der Waals surface area (Å²) < 4.78 is 37.1. The number of hydrogen-bond acceptors (Lipinski definition) is 4. The van der Waals surface area contributed by atoms with Crippen LogP contribution in [0.3, 0.4) is 0 Å². The Balaban J connectivity index is 2.98. The lowest BCUT2D eigenvalue weighted by Gasteiger charge is -2.13. The zero-order valence-electron chi connectivity index (χ0n) is 10.3. The van der Waals surface area contributed by atoms with E-state index >= 15 is 0 Å². The number of anilines is 2. The van der Waals surface area contributed by atoms with Crippen LogP contribution in [-0.2, 0) is 6.54 Å². The van der Waals surface area contributed by atoms with E-state index in [9.17, 15) is 22.8 Å². The Kier molecular flexibility index (Phi) is 4.62. The second-order valence-corrected chi connectivity index (χ2v) is 3.96. The third-order valence-electron chi connectivity index (χ3n) is 2.40. The quantitative estimate of drug-likeness (QED) is 0.747. The van der Waals surface area contributed by atoms with Gasteiger partial charge in [-0.05, 0) is 6.42 Å². The number of nitrogens with zero attached hydrogens (tertiary/aromatic N) is 1. The maximum absolute atomic E-state index is 12.0. The largest absolute Gasteiger partial charge is 0.390 e. The number of rotatable bonds is 5. The van der Waals surface area contributed by atoms with Gasteiger partial charge in [-0.3, -0.25) is 14.3 Å². The summed E-state index contributed by atoms with van der Waals surface area (Å²) in [6.07, 6.45) is -4.83. The van der Waals surface area contributed by atoms with Crippen molar-refractivity contribution in [3.05, 3.63) is 20.8 Å². The minimum Gasteiger partial charge on any atom is -0.383 e. The van der Waals surface area contributed by atoms with Gasteiger partial charge in [0.25, 0.3) is 5.56 Å². The van der Waals surface area contributed by atoms with Crippen LogP contribution in [0.1, 0.15) is 19.8 Å². The Bertz CT molecular complexity index is 547. The number of aromatic amines is 1. The molecule has 0 aromatic carbocycles. The molecule has 1 aromatic heterocycles. The van der Waals surface area contributed by atoms with E-state index in [1.165, 1.54) is 0 Å². The van der Waals surface area contributed by atoms with Gasteiger partial charge in [0.1, 0.15) is 11.5 Å². The van der Waals surface area contributed by atoms with Gasteiger partial charge in [0.2, 0.25) is 0 Å². The fourth-order valence-electron chi connectivity index (χ4n) is 1.53. The molecule has 1 heterocycles. The summed E-state index contributed by atoms with van der Waals surface area (Å²) in [7, 11) is 0. The third kappa shape index (κ3) is 4.04. The minimum atomic E-state index is -4.33. The smallest absolute Gasteiger partial charge is 0.383 e. The normalized spacial score (nSPS) is 11.6. The van der Waals surface area contributed by atoms with E-state index in [1.54, 1.807) is 6.92 Å². The molecule has 108 valence electrons. The summed E-state index contributed by atoms with van der Waals surface area (Å²) in [5.41, 5.74) is 3.91.